The highest BCUT2D eigenvalue weighted by Crippen LogP contribution is 2.30. The number of sulfonamides is 1. The highest BCUT2D eigenvalue weighted by molar-refractivity contribution is 7.93. The largest absolute Gasteiger partial charge is 0.477 e. The standard InChI is InChI=1S/C24H26FN5O5S/c1-3-35-23-13-26-12-21(28-23)15-4-7-18(19(25)10-15)24(31)29-22(14-34-2)20-11-16(8-9-27-20)30-36(32,33)17-5-6-17/h4,7-13,17,22H,3,5-6,14H2,1-2H3,(H,27,30)(H,29,31)/t22-/m0/s1. The zero-order valence-corrected chi connectivity index (χ0v) is 20.6. The van der Waals surface area contributed by atoms with Gasteiger partial charge in [-0.15, -0.1) is 0 Å². The second-order valence-corrected chi connectivity index (χ2v) is 10.1. The van der Waals surface area contributed by atoms with Gasteiger partial charge in [-0.3, -0.25) is 19.5 Å². The van der Waals surface area contributed by atoms with Gasteiger partial charge in [0.05, 0.1) is 59.5 Å². The Balaban J connectivity index is 1.51. The molecule has 0 radical (unpaired) electrons. The molecule has 12 heteroatoms. The molecule has 1 aliphatic carbocycles. The van der Waals surface area contributed by atoms with Crippen molar-refractivity contribution >= 4 is 21.6 Å². The van der Waals surface area contributed by atoms with E-state index in [4.69, 9.17) is 9.47 Å². The maximum absolute atomic E-state index is 14.9. The zero-order chi connectivity index (χ0) is 25.7. The third-order valence-electron chi connectivity index (χ3n) is 5.41. The average molecular weight is 516 g/mol. The van der Waals surface area contributed by atoms with Crippen LogP contribution in [0.15, 0.2) is 48.9 Å². The molecule has 2 N–H and O–H groups in total. The Morgan fingerprint density at radius 3 is 2.72 bits per heavy atom. The first kappa shape index (κ1) is 25.5. The van der Waals surface area contributed by atoms with Gasteiger partial charge in [-0.05, 0) is 44.0 Å². The Labute approximate surface area is 208 Å². The van der Waals surface area contributed by atoms with Crippen LogP contribution in [0.5, 0.6) is 5.88 Å². The van der Waals surface area contributed by atoms with Crippen molar-refractivity contribution in [1.29, 1.82) is 0 Å². The van der Waals surface area contributed by atoms with Crippen LogP contribution < -0.4 is 14.8 Å². The molecule has 1 aromatic carbocycles. The predicted molar refractivity (Wildman–Crippen MR) is 130 cm³/mol. The minimum atomic E-state index is -3.46. The van der Waals surface area contributed by atoms with E-state index in [9.17, 15) is 17.6 Å². The van der Waals surface area contributed by atoms with Crippen LogP contribution in [0.4, 0.5) is 10.1 Å². The number of ether oxygens (including phenoxy) is 2. The van der Waals surface area contributed by atoms with Gasteiger partial charge in [-0.2, -0.15) is 0 Å². The number of carbonyl (C=O) groups is 1. The number of rotatable bonds is 11. The van der Waals surface area contributed by atoms with Gasteiger partial charge in [0.2, 0.25) is 15.9 Å². The van der Waals surface area contributed by atoms with E-state index in [1.165, 1.54) is 50.0 Å². The number of amides is 1. The molecule has 1 amide bonds. The molecular weight excluding hydrogens is 489 g/mol. The smallest absolute Gasteiger partial charge is 0.254 e. The summed E-state index contributed by atoms with van der Waals surface area (Å²) in [5.41, 5.74) is 1.34. The number of benzene rings is 1. The number of pyridine rings is 1. The number of carbonyl (C=O) groups excluding carboxylic acids is 1. The molecule has 0 aliphatic heterocycles. The Morgan fingerprint density at radius 1 is 1.22 bits per heavy atom. The highest BCUT2D eigenvalue weighted by atomic mass is 32.2. The normalized spacial score (nSPS) is 14.2. The lowest BCUT2D eigenvalue weighted by Gasteiger charge is -2.19. The molecule has 1 atom stereocenters. The molecule has 0 spiro atoms. The van der Waals surface area contributed by atoms with Crippen LogP contribution in [-0.4, -0.2) is 54.9 Å². The first-order chi connectivity index (χ1) is 17.3. The summed E-state index contributed by atoms with van der Waals surface area (Å²) in [7, 11) is -2.01. The molecule has 2 heterocycles. The number of anilines is 1. The minimum Gasteiger partial charge on any atom is -0.477 e. The predicted octanol–water partition coefficient (Wildman–Crippen LogP) is 3.10. The molecule has 0 bridgehead atoms. The Bertz CT molecular complexity index is 1350. The number of hydrogen-bond donors (Lipinski definition) is 2. The fourth-order valence-corrected chi connectivity index (χ4v) is 4.87. The summed E-state index contributed by atoms with van der Waals surface area (Å²) in [4.78, 5) is 25.5. The van der Waals surface area contributed by atoms with Crippen LogP contribution >= 0.6 is 0 Å². The van der Waals surface area contributed by atoms with Crippen molar-refractivity contribution in [2.24, 2.45) is 0 Å². The molecule has 1 fully saturated rings. The van der Waals surface area contributed by atoms with Crippen LogP contribution in [0.1, 0.15) is 41.9 Å². The molecule has 3 aromatic rings. The van der Waals surface area contributed by atoms with E-state index < -0.39 is 27.8 Å². The van der Waals surface area contributed by atoms with E-state index in [1.807, 2.05) is 6.92 Å². The Morgan fingerprint density at radius 2 is 2.03 bits per heavy atom. The molecule has 4 rings (SSSR count). The van der Waals surface area contributed by atoms with E-state index in [0.717, 1.165) is 0 Å². The molecular formula is C24H26FN5O5S. The van der Waals surface area contributed by atoms with Gasteiger partial charge in [0.15, 0.2) is 0 Å². The lowest BCUT2D eigenvalue weighted by molar-refractivity contribution is 0.0890. The fourth-order valence-electron chi connectivity index (χ4n) is 3.50. The summed E-state index contributed by atoms with van der Waals surface area (Å²) in [6, 6.07) is 6.41. The van der Waals surface area contributed by atoms with E-state index in [0.29, 0.717) is 48.0 Å². The van der Waals surface area contributed by atoms with E-state index in [-0.39, 0.29) is 17.4 Å². The number of nitrogens with one attached hydrogen (secondary N) is 2. The van der Waals surface area contributed by atoms with Gasteiger partial charge in [0.1, 0.15) is 5.82 Å². The number of aromatic nitrogens is 3. The van der Waals surface area contributed by atoms with Crippen molar-refractivity contribution in [2.45, 2.75) is 31.1 Å². The maximum atomic E-state index is 14.9. The number of hydrogen-bond acceptors (Lipinski definition) is 8. The van der Waals surface area contributed by atoms with Crippen molar-refractivity contribution in [1.82, 2.24) is 20.3 Å². The van der Waals surface area contributed by atoms with Gasteiger partial charge in [-0.25, -0.2) is 17.8 Å². The molecule has 1 aliphatic rings. The van der Waals surface area contributed by atoms with Crippen LogP contribution in [0.3, 0.4) is 0 Å². The number of halogens is 1. The van der Waals surface area contributed by atoms with Crippen LogP contribution in [0, 0.1) is 5.82 Å². The zero-order valence-electron chi connectivity index (χ0n) is 19.8. The molecule has 190 valence electrons. The fraction of sp³-hybridized carbons (Fsp3) is 0.333. The minimum absolute atomic E-state index is 0.0388. The number of nitrogens with zero attached hydrogens (tertiary/aromatic N) is 3. The summed E-state index contributed by atoms with van der Waals surface area (Å²) >= 11 is 0. The second kappa shape index (κ2) is 11.0. The third-order valence-corrected chi connectivity index (χ3v) is 7.28. The molecule has 36 heavy (non-hydrogen) atoms. The van der Waals surface area contributed by atoms with Gasteiger partial charge >= 0.3 is 0 Å². The summed E-state index contributed by atoms with van der Waals surface area (Å²) in [6.07, 6.45) is 5.62. The summed E-state index contributed by atoms with van der Waals surface area (Å²) < 4.78 is 52.6. The van der Waals surface area contributed by atoms with Crippen molar-refractivity contribution in [3.8, 4) is 17.1 Å². The second-order valence-electron chi connectivity index (χ2n) is 8.17. The van der Waals surface area contributed by atoms with E-state index >= 15 is 0 Å². The average Bonchev–Trinajstić information content (AvgIpc) is 3.70. The maximum Gasteiger partial charge on any atom is 0.254 e. The summed E-state index contributed by atoms with van der Waals surface area (Å²) in [6.45, 7) is 2.27. The first-order valence-corrected chi connectivity index (χ1v) is 12.9. The molecule has 0 unspecified atom stereocenters. The monoisotopic (exact) mass is 515 g/mol. The van der Waals surface area contributed by atoms with Gasteiger partial charge < -0.3 is 14.8 Å². The van der Waals surface area contributed by atoms with E-state index in [2.05, 4.69) is 25.0 Å². The summed E-state index contributed by atoms with van der Waals surface area (Å²) in [5, 5.41) is 2.32. The summed E-state index contributed by atoms with van der Waals surface area (Å²) in [5.74, 6) is -1.11. The molecule has 10 nitrogen and oxygen atoms in total. The molecule has 2 aromatic heterocycles. The van der Waals surface area contributed by atoms with Crippen molar-refractivity contribution in [3.05, 3.63) is 66.0 Å². The van der Waals surface area contributed by atoms with Crippen LogP contribution in [0.2, 0.25) is 0 Å². The molecule has 0 saturated heterocycles. The lowest BCUT2D eigenvalue weighted by atomic mass is 10.1. The Kier molecular flexibility index (Phi) is 7.75. The lowest BCUT2D eigenvalue weighted by Crippen LogP contribution is -2.32. The van der Waals surface area contributed by atoms with E-state index in [1.54, 1.807) is 6.07 Å². The van der Waals surface area contributed by atoms with Crippen molar-refractivity contribution in [3.63, 3.8) is 0 Å². The quantitative estimate of drug-likeness (QED) is 0.398. The molecule has 1 saturated carbocycles. The third kappa shape index (κ3) is 6.13. The highest BCUT2D eigenvalue weighted by Gasteiger charge is 2.35. The SMILES string of the molecule is CCOc1cncc(-c2ccc(C(=O)N[C@@H](COC)c3cc(NS(=O)(=O)C4CC4)ccn3)c(F)c2)n1. The van der Waals surface area contributed by atoms with Gasteiger partial charge in [0, 0.05) is 18.9 Å². The van der Waals surface area contributed by atoms with Crippen molar-refractivity contribution in [2.75, 3.05) is 25.0 Å². The van der Waals surface area contributed by atoms with Crippen LogP contribution in [0.25, 0.3) is 11.3 Å². The van der Waals surface area contributed by atoms with Gasteiger partial charge in [-0.1, -0.05) is 6.07 Å². The van der Waals surface area contributed by atoms with Crippen LogP contribution in [-0.2, 0) is 14.8 Å². The number of methoxy groups -OCH3 is 1. The van der Waals surface area contributed by atoms with Crippen molar-refractivity contribution < 1.29 is 27.1 Å². The first-order valence-electron chi connectivity index (χ1n) is 11.3. The Hall–Kier alpha value is -3.64. The van der Waals surface area contributed by atoms with Gasteiger partial charge in [0.25, 0.3) is 5.91 Å². The topological polar surface area (TPSA) is 132 Å².